The van der Waals surface area contributed by atoms with Crippen molar-refractivity contribution in [2.24, 2.45) is 0 Å². The van der Waals surface area contributed by atoms with Gasteiger partial charge in [0, 0.05) is 26.4 Å². The van der Waals surface area contributed by atoms with Gasteiger partial charge in [-0.3, -0.25) is 4.79 Å². The van der Waals surface area contributed by atoms with Crippen LogP contribution in [0.5, 0.6) is 0 Å². The van der Waals surface area contributed by atoms with Gasteiger partial charge in [-0.2, -0.15) is 0 Å². The summed E-state index contributed by atoms with van der Waals surface area (Å²) in [6.07, 6.45) is 2.43. The van der Waals surface area contributed by atoms with Gasteiger partial charge in [0.05, 0.1) is 16.7 Å². The Bertz CT molecular complexity index is 439. The number of carbonyl (C=O) groups excluding carboxylic acids is 1. The highest BCUT2D eigenvalue weighted by atomic mass is 35.5. The predicted octanol–water partition coefficient (Wildman–Crippen LogP) is 1.18. The average Bonchev–Trinajstić information content (AvgIpc) is 2.80. The number of carbonyl (C=O) groups is 1. The van der Waals surface area contributed by atoms with Gasteiger partial charge >= 0.3 is 0 Å². The lowest BCUT2D eigenvalue weighted by atomic mass is 10.2. The van der Waals surface area contributed by atoms with Crippen molar-refractivity contribution in [3.8, 4) is 0 Å². The van der Waals surface area contributed by atoms with Crippen LogP contribution in [0, 0.1) is 0 Å². The number of nitrogens with zero attached hydrogens (tertiary/aromatic N) is 2. The van der Waals surface area contributed by atoms with Crippen molar-refractivity contribution in [1.82, 2.24) is 9.88 Å². The van der Waals surface area contributed by atoms with Crippen LogP contribution >= 0.6 is 11.6 Å². The number of nitrogens with two attached hydrogens (primary N) is 1. The van der Waals surface area contributed by atoms with Crippen LogP contribution in [0.15, 0.2) is 12.3 Å². The summed E-state index contributed by atoms with van der Waals surface area (Å²) in [5.41, 5.74) is 5.96. The molecule has 1 atom stereocenters. The van der Waals surface area contributed by atoms with Crippen molar-refractivity contribution in [3.05, 3.63) is 22.8 Å². The molecule has 0 aliphatic carbocycles. The second-order valence-electron chi connectivity index (χ2n) is 3.99. The fourth-order valence-corrected chi connectivity index (χ4v) is 2.02. The van der Waals surface area contributed by atoms with Crippen LogP contribution in [0.2, 0.25) is 5.02 Å². The van der Waals surface area contributed by atoms with Gasteiger partial charge in [0.25, 0.3) is 5.91 Å². The quantitative estimate of drug-likeness (QED) is 0.862. The SMILES string of the molecule is COC1CCN(C(=O)c2cnc(N)c(Cl)c2)C1. The first-order valence-electron chi connectivity index (χ1n) is 5.35. The highest BCUT2D eigenvalue weighted by Crippen LogP contribution is 2.20. The van der Waals surface area contributed by atoms with E-state index < -0.39 is 0 Å². The van der Waals surface area contributed by atoms with Gasteiger partial charge < -0.3 is 15.4 Å². The molecule has 0 aromatic carbocycles. The van der Waals surface area contributed by atoms with Gasteiger partial charge in [0.1, 0.15) is 5.82 Å². The summed E-state index contributed by atoms with van der Waals surface area (Å²) in [4.78, 5) is 17.7. The van der Waals surface area contributed by atoms with E-state index in [1.54, 1.807) is 18.1 Å². The summed E-state index contributed by atoms with van der Waals surface area (Å²) in [7, 11) is 1.65. The van der Waals surface area contributed by atoms with Crippen molar-refractivity contribution in [1.29, 1.82) is 0 Å². The van der Waals surface area contributed by atoms with E-state index in [0.29, 0.717) is 23.7 Å². The van der Waals surface area contributed by atoms with Crippen molar-refractivity contribution >= 4 is 23.3 Å². The molecular formula is C11H14ClN3O2. The molecule has 0 saturated carbocycles. The zero-order valence-corrected chi connectivity index (χ0v) is 10.3. The third-order valence-electron chi connectivity index (χ3n) is 2.88. The monoisotopic (exact) mass is 255 g/mol. The average molecular weight is 256 g/mol. The number of rotatable bonds is 2. The minimum atomic E-state index is -0.0843. The summed E-state index contributed by atoms with van der Waals surface area (Å²) in [6.45, 7) is 1.30. The molecule has 1 aromatic rings. The van der Waals surface area contributed by atoms with E-state index in [-0.39, 0.29) is 17.8 Å². The Balaban J connectivity index is 2.12. The standard InChI is InChI=1S/C11H14ClN3O2/c1-17-8-2-3-15(6-8)11(16)7-4-9(12)10(13)14-5-7/h4-5,8H,2-3,6H2,1H3,(H2,13,14). The second kappa shape index (κ2) is 4.89. The van der Waals surface area contributed by atoms with E-state index >= 15 is 0 Å². The number of pyridine rings is 1. The van der Waals surface area contributed by atoms with Gasteiger partial charge in [0.15, 0.2) is 0 Å². The molecule has 1 amide bonds. The van der Waals surface area contributed by atoms with Gasteiger partial charge in [-0.15, -0.1) is 0 Å². The molecule has 1 saturated heterocycles. The molecule has 0 radical (unpaired) electrons. The number of aromatic nitrogens is 1. The Kier molecular flexibility index (Phi) is 3.49. The highest BCUT2D eigenvalue weighted by Gasteiger charge is 2.27. The number of hydrogen-bond donors (Lipinski definition) is 1. The zero-order chi connectivity index (χ0) is 12.4. The summed E-state index contributed by atoms with van der Waals surface area (Å²) < 4.78 is 5.21. The molecule has 1 aliphatic rings. The van der Waals surface area contributed by atoms with Gasteiger partial charge in [0.2, 0.25) is 0 Å². The molecule has 17 heavy (non-hydrogen) atoms. The molecular weight excluding hydrogens is 242 g/mol. The lowest BCUT2D eigenvalue weighted by Crippen LogP contribution is -2.30. The molecule has 2 rings (SSSR count). The minimum absolute atomic E-state index is 0.0843. The van der Waals surface area contributed by atoms with E-state index in [2.05, 4.69) is 4.98 Å². The van der Waals surface area contributed by atoms with Crippen LogP contribution in [0.25, 0.3) is 0 Å². The van der Waals surface area contributed by atoms with Crippen LogP contribution in [0.3, 0.4) is 0 Å². The molecule has 0 spiro atoms. The fourth-order valence-electron chi connectivity index (χ4n) is 1.85. The van der Waals surface area contributed by atoms with Crippen molar-refractivity contribution in [2.75, 3.05) is 25.9 Å². The summed E-state index contributed by atoms with van der Waals surface area (Å²) in [5.74, 6) is 0.151. The Morgan fingerprint density at radius 2 is 2.47 bits per heavy atom. The molecule has 0 bridgehead atoms. The number of halogens is 1. The Morgan fingerprint density at radius 3 is 3.06 bits per heavy atom. The molecule has 2 heterocycles. The maximum Gasteiger partial charge on any atom is 0.255 e. The summed E-state index contributed by atoms with van der Waals surface area (Å²) in [6, 6.07) is 1.55. The number of nitrogen functional groups attached to an aromatic ring is 1. The predicted molar refractivity (Wildman–Crippen MR) is 65.0 cm³/mol. The maximum absolute atomic E-state index is 12.1. The van der Waals surface area contributed by atoms with E-state index in [0.717, 1.165) is 6.42 Å². The maximum atomic E-state index is 12.1. The van der Waals surface area contributed by atoms with Crippen molar-refractivity contribution in [3.63, 3.8) is 0 Å². The number of amides is 1. The van der Waals surface area contributed by atoms with Crippen molar-refractivity contribution in [2.45, 2.75) is 12.5 Å². The number of anilines is 1. The number of hydrogen-bond acceptors (Lipinski definition) is 4. The smallest absolute Gasteiger partial charge is 0.255 e. The highest BCUT2D eigenvalue weighted by molar-refractivity contribution is 6.33. The Hall–Kier alpha value is -1.33. The van der Waals surface area contributed by atoms with Crippen LogP contribution in [-0.4, -0.2) is 42.1 Å². The first-order chi connectivity index (χ1) is 8.11. The molecule has 1 unspecified atom stereocenters. The normalized spacial score (nSPS) is 19.6. The van der Waals surface area contributed by atoms with E-state index in [1.807, 2.05) is 0 Å². The van der Waals surface area contributed by atoms with Gasteiger partial charge in [-0.1, -0.05) is 11.6 Å². The third-order valence-corrected chi connectivity index (χ3v) is 3.18. The summed E-state index contributed by atoms with van der Waals surface area (Å²) >= 11 is 5.84. The largest absolute Gasteiger partial charge is 0.382 e. The van der Waals surface area contributed by atoms with E-state index in [4.69, 9.17) is 22.1 Å². The zero-order valence-electron chi connectivity index (χ0n) is 9.52. The lowest BCUT2D eigenvalue weighted by Gasteiger charge is -2.16. The molecule has 92 valence electrons. The second-order valence-corrected chi connectivity index (χ2v) is 4.40. The number of ether oxygens (including phenoxy) is 1. The molecule has 1 aliphatic heterocycles. The fraction of sp³-hybridized carbons (Fsp3) is 0.455. The molecule has 6 heteroatoms. The molecule has 1 aromatic heterocycles. The van der Waals surface area contributed by atoms with Gasteiger partial charge in [-0.05, 0) is 12.5 Å². The van der Waals surface area contributed by atoms with Crippen LogP contribution < -0.4 is 5.73 Å². The lowest BCUT2D eigenvalue weighted by molar-refractivity contribution is 0.0724. The van der Waals surface area contributed by atoms with E-state index in [1.165, 1.54) is 6.20 Å². The number of methoxy groups -OCH3 is 1. The Morgan fingerprint density at radius 1 is 1.71 bits per heavy atom. The summed E-state index contributed by atoms with van der Waals surface area (Å²) in [5, 5.41) is 0.304. The van der Waals surface area contributed by atoms with Crippen molar-refractivity contribution < 1.29 is 9.53 Å². The minimum Gasteiger partial charge on any atom is -0.382 e. The molecule has 1 fully saturated rings. The Labute approximate surface area is 105 Å². The first-order valence-corrected chi connectivity index (χ1v) is 5.72. The first kappa shape index (κ1) is 12.1. The van der Waals surface area contributed by atoms with Gasteiger partial charge in [-0.25, -0.2) is 4.98 Å². The van der Waals surface area contributed by atoms with Crippen LogP contribution in [-0.2, 0) is 4.74 Å². The topological polar surface area (TPSA) is 68.5 Å². The number of likely N-dealkylation sites (tertiary alicyclic amines) is 1. The van der Waals surface area contributed by atoms with Crippen LogP contribution in [0.4, 0.5) is 5.82 Å². The molecule has 2 N–H and O–H groups in total. The van der Waals surface area contributed by atoms with Crippen LogP contribution in [0.1, 0.15) is 16.8 Å². The third kappa shape index (κ3) is 2.50. The van der Waals surface area contributed by atoms with E-state index in [9.17, 15) is 4.79 Å². The molecule has 5 nitrogen and oxygen atoms in total.